The molecule has 2 heterocycles. The number of hydrogen-bond donors (Lipinski definition) is 1. The monoisotopic (exact) mass is 265 g/mol. The summed E-state index contributed by atoms with van der Waals surface area (Å²) in [6.07, 6.45) is 4.72. The summed E-state index contributed by atoms with van der Waals surface area (Å²) in [5.74, 6) is 0.774. The summed E-state index contributed by atoms with van der Waals surface area (Å²) in [4.78, 5) is 2.50. The van der Waals surface area contributed by atoms with Crippen LogP contribution in [0.5, 0.6) is 0 Å². The van der Waals surface area contributed by atoms with Crippen molar-refractivity contribution in [3.05, 3.63) is 11.9 Å². The van der Waals surface area contributed by atoms with E-state index in [0.717, 1.165) is 24.7 Å². The van der Waals surface area contributed by atoms with Crippen LogP contribution in [0.4, 0.5) is 0 Å². The summed E-state index contributed by atoms with van der Waals surface area (Å²) < 4.78 is 1.96. The molecule has 5 nitrogen and oxygen atoms in total. The molecule has 5 heteroatoms. The lowest BCUT2D eigenvalue weighted by molar-refractivity contribution is 0.165. The van der Waals surface area contributed by atoms with Gasteiger partial charge in [-0.15, -0.1) is 5.10 Å². The zero-order chi connectivity index (χ0) is 13.9. The van der Waals surface area contributed by atoms with E-state index in [2.05, 4.69) is 47.5 Å². The Bertz CT molecular complexity index is 391. The molecule has 1 aliphatic heterocycles. The minimum Gasteiger partial charge on any atom is -0.319 e. The second-order valence-electron chi connectivity index (χ2n) is 6.63. The first-order valence-electron chi connectivity index (χ1n) is 7.27. The molecule has 108 valence electrons. The maximum absolute atomic E-state index is 4.30. The minimum absolute atomic E-state index is 0.0157. The maximum Gasteiger partial charge on any atom is 0.0967 e. The van der Waals surface area contributed by atoms with E-state index in [-0.39, 0.29) is 5.54 Å². The molecule has 0 bridgehead atoms. The van der Waals surface area contributed by atoms with Crippen LogP contribution >= 0.6 is 0 Å². The van der Waals surface area contributed by atoms with Gasteiger partial charge in [0.05, 0.1) is 17.4 Å². The lowest BCUT2D eigenvalue weighted by atomic mass is 9.98. The van der Waals surface area contributed by atoms with E-state index in [1.54, 1.807) is 0 Å². The van der Waals surface area contributed by atoms with Crippen LogP contribution in [0.2, 0.25) is 0 Å². The van der Waals surface area contributed by atoms with Gasteiger partial charge in [-0.2, -0.15) is 0 Å². The van der Waals surface area contributed by atoms with E-state index in [1.165, 1.54) is 25.9 Å². The molecule has 0 aromatic carbocycles. The minimum atomic E-state index is 0.0157. The van der Waals surface area contributed by atoms with Gasteiger partial charge in [-0.05, 0) is 59.7 Å². The molecule has 1 atom stereocenters. The van der Waals surface area contributed by atoms with E-state index < -0.39 is 0 Å². The second kappa shape index (κ2) is 6.01. The van der Waals surface area contributed by atoms with Crippen LogP contribution in [0.15, 0.2) is 6.20 Å². The molecule has 1 aromatic heterocycles. The highest BCUT2D eigenvalue weighted by Gasteiger charge is 2.21. The van der Waals surface area contributed by atoms with Gasteiger partial charge in [-0.1, -0.05) is 5.21 Å². The summed E-state index contributed by atoms with van der Waals surface area (Å²) >= 11 is 0. The van der Waals surface area contributed by atoms with Crippen molar-refractivity contribution >= 4 is 0 Å². The van der Waals surface area contributed by atoms with Crippen molar-refractivity contribution in [1.29, 1.82) is 0 Å². The Kier molecular flexibility index (Phi) is 4.58. The number of piperidine rings is 1. The third kappa shape index (κ3) is 4.01. The fourth-order valence-corrected chi connectivity index (χ4v) is 2.68. The standard InChI is InChI=1S/C14H27N5/c1-14(2,3)19-11-13(16-17-19)10-18-7-5-6-12(9-18)8-15-4/h11-12,15H,5-10H2,1-4H3. The van der Waals surface area contributed by atoms with Gasteiger partial charge in [0.25, 0.3) is 0 Å². The van der Waals surface area contributed by atoms with Gasteiger partial charge in [0.2, 0.25) is 0 Å². The number of rotatable bonds is 4. The van der Waals surface area contributed by atoms with E-state index >= 15 is 0 Å². The largest absolute Gasteiger partial charge is 0.319 e. The van der Waals surface area contributed by atoms with Crippen molar-refractivity contribution < 1.29 is 0 Å². The maximum atomic E-state index is 4.30. The van der Waals surface area contributed by atoms with Gasteiger partial charge in [0, 0.05) is 13.1 Å². The Morgan fingerprint density at radius 3 is 2.84 bits per heavy atom. The third-order valence-corrected chi connectivity index (χ3v) is 3.71. The highest BCUT2D eigenvalue weighted by Crippen LogP contribution is 2.18. The number of nitrogens with one attached hydrogen (secondary N) is 1. The third-order valence-electron chi connectivity index (χ3n) is 3.71. The van der Waals surface area contributed by atoms with Gasteiger partial charge >= 0.3 is 0 Å². The van der Waals surface area contributed by atoms with E-state index in [0.29, 0.717) is 0 Å². The Hall–Kier alpha value is -0.940. The highest BCUT2D eigenvalue weighted by molar-refractivity contribution is 4.95. The molecule has 1 aromatic rings. The predicted octanol–water partition coefficient (Wildman–Crippen LogP) is 1.46. The van der Waals surface area contributed by atoms with E-state index in [4.69, 9.17) is 0 Å². The first kappa shape index (κ1) is 14.5. The Morgan fingerprint density at radius 2 is 2.21 bits per heavy atom. The average molecular weight is 265 g/mol. The molecule has 0 spiro atoms. The zero-order valence-corrected chi connectivity index (χ0v) is 12.7. The average Bonchev–Trinajstić information content (AvgIpc) is 2.78. The molecular weight excluding hydrogens is 238 g/mol. The first-order valence-corrected chi connectivity index (χ1v) is 7.27. The van der Waals surface area contributed by atoms with Crippen LogP contribution in [-0.4, -0.2) is 46.6 Å². The molecule has 1 unspecified atom stereocenters. The Labute approximate surface area is 116 Å². The Morgan fingerprint density at radius 1 is 1.42 bits per heavy atom. The van der Waals surface area contributed by atoms with Crippen molar-refractivity contribution in [2.24, 2.45) is 5.92 Å². The lowest BCUT2D eigenvalue weighted by Gasteiger charge is -2.32. The predicted molar refractivity (Wildman–Crippen MR) is 76.9 cm³/mol. The smallest absolute Gasteiger partial charge is 0.0967 e. The quantitative estimate of drug-likeness (QED) is 0.895. The van der Waals surface area contributed by atoms with Crippen molar-refractivity contribution in [3.8, 4) is 0 Å². The summed E-state index contributed by atoms with van der Waals surface area (Å²) in [7, 11) is 2.04. The van der Waals surface area contributed by atoms with Crippen molar-refractivity contribution in [2.75, 3.05) is 26.7 Å². The summed E-state index contributed by atoms with van der Waals surface area (Å²) in [5, 5.41) is 11.8. The van der Waals surface area contributed by atoms with Crippen LogP contribution in [0.25, 0.3) is 0 Å². The number of aromatic nitrogens is 3. The van der Waals surface area contributed by atoms with Crippen LogP contribution in [0.1, 0.15) is 39.3 Å². The van der Waals surface area contributed by atoms with Gasteiger partial charge in [-0.3, -0.25) is 4.90 Å². The summed E-state index contributed by atoms with van der Waals surface area (Å²) in [6.45, 7) is 10.8. The van der Waals surface area contributed by atoms with Crippen LogP contribution in [-0.2, 0) is 12.1 Å². The topological polar surface area (TPSA) is 46.0 Å². The summed E-state index contributed by atoms with van der Waals surface area (Å²) in [6, 6.07) is 0. The van der Waals surface area contributed by atoms with E-state index in [1.807, 2.05) is 11.7 Å². The van der Waals surface area contributed by atoms with Crippen LogP contribution in [0.3, 0.4) is 0 Å². The molecule has 0 aliphatic carbocycles. The first-order chi connectivity index (χ1) is 8.99. The molecule has 0 saturated carbocycles. The van der Waals surface area contributed by atoms with E-state index in [9.17, 15) is 0 Å². The lowest BCUT2D eigenvalue weighted by Crippen LogP contribution is -2.38. The molecule has 2 rings (SSSR count). The number of hydrogen-bond acceptors (Lipinski definition) is 4. The van der Waals surface area contributed by atoms with Crippen molar-refractivity contribution in [1.82, 2.24) is 25.2 Å². The molecule has 1 N–H and O–H groups in total. The van der Waals surface area contributed by atoms with Gasteiger partial charge in [-0.25, -0.2) is 4.68 Å². The fraction of sp³-hybridized carbons (Fsp3) is 0.857. The van der Waals surface area contributed by atoms with Crippen molar-refractivity contribution in [2.45, 2.75) is 45.7 Å². The number of nitrogens with zero attached hydrogens (tertiary/aromatic N) is 4. The molecule has 1 saturated heterocycles. The highest BCUT2D eigenvalue weighted by atomic mass is 15.4. The molecule has 0 amide bonds. The summed E-state index contributed by atoms with van der Waals surface area (Å²) in [5.41, 5.74) is 1.10. The van der Waals surface area contributed by atoms with Gasteiger partial charge in [0.1, 0.15) is 0 Å². The second-order valence-corrected chi connectivity index (χ2v) is 6.63. The van der Waals surface area contributed by atoms with Crippen LogP contribution < -0.4 is 5.32 Å². The molecule has 1 fully saturated rings. The molecule has 1 aliphatic rings. The normalized spacial score (nSPS) is 21.8. The SMILES string of the molecule is CNCC1CCCN(Cc2cn(C(C)(C)C)nn2)C1. The van der Waals surface area contributed by atoms with Crippen LogP contribution in [0, 0.1) is 5.92 Å². The zero-order valence-electron chi connectivity index (χ0n) is 12.7. The molecular formula is C14H27N5. The number of likely N-dealkylation sites (tertiary alicyclic amines) is 1. The van der Waals surface area contributed by atoms with Gasteiger partial charge < -0.3 is 5.32 Å². The van der Waals surface area contributed by atoms with Gasteiger partial charge in [0.15, 0.2) is 0 Å². The molecule has 19 heavy (non-hydrogen) atoms. The Balaban J connectivity index is 1.92. The van der Waals surface area contributed by atoms with Crippen molar-refractivity contribution in [3.63, 3.8) is 0 Å². The fourth-order valence-electron chi connectivity index (χ4n) is 2.68. The molecule has 0 radical (unpaired) electrons.